The van der Waals surface area contributed by atoms with Crippen molar-refractivity contribution in [3.05, 3.63) is 0 Å². The Morgan fingerprint density at radius 3 is 1.75 bits per heavy atom. The fourth-order valence-electron chi connectivity index (χ4n) is 0.864. The third kappa shape index (κ3) is 4.66. The fraction of sp³-hybridized carbons (Fsp3) is 1.00. The predicted molar refractivity (Wildman–Crippen MR) is 44.8 cm³/mol. The van der Waals surface area contributed by atoms with Crippen LogP contribution in [0.5, 0.6) is 0 Å². The summed E-state index contributed by atoms with van der Waals surface area (Å²) in [6, 6.07) is 0. The summed E-state index contributed by atoms with van der Waals surface area (Å²) in [6.07, 6.45) is 0.0681. The van der Waals surface area contributed by atoms with Crippen LogP contribution in [0.3, 0.4) is 0 Å². The molecule has 0 aromatic rings. The van der Waals surface area contributed by atoms with Crippen LogP contribution in [0.2, 0.25) is 0 Å². The van der Waals surface area contributed by atoms with E-state index in [2.05, 4.69) is 0 Å². The van der Waals surface area contributed by atoms with Gasteiger partial charge in [-0.2, -0.15) is 0 Å². The first-order chi connectivity index (χ1) is 5.78. The highest BCUT2D eigenvalue weighted by Gasteiger charge is 2.14. The van der Waals surface area contributed by atoms with E-state index in [1.807, 2.05) is 6.92 Å². The lowest BCUT2D eigenvalue weighted by atomic mass is 10.4. The van der Waals surface area contributed by atoms with Crippen molar-refractivity contribution in [2.45, 2.75) is 25.9 Å². The van der Waals surface area contributed by atoms with E-state index in [0.717, 1.165) is 0 Å². The van der Waals surface area contributed by atoms with E-state index in [1.54, 1.807) is 21.3 Å². The van der Waals surface area contributed by atoms with Crippen molar-refractivity contribution < 1.29 is 18.9 Å². The molecule has 0 amide bonds. The second-order valence-corrected chi connectivity index (χ2v) is 2.26. The van der Waals surface area contributed by atoms with E-state index in [1.165, 1.54) is 0 Å². The Kier molecular flexibility index (Phi) is 7.39. The van der Waals surface area contributed by atoms with Crippen molar-refractivity contribution in [3.63, 3.8) is 0 Å². The van der Waals surface area contributed by atoms with Crippen molar-refractivity contribution in [2.75, 3.05) is 27.9 Å². The predicted octanol–water partition coefficient (Wildman–Crippen LogP) is 1.00. The standard InChI is InChI=1S/C8H18O4/c1-5-12-8(11-4)6-7(9-2)10-3/h7-8H,5-6H2,1-4H3/t8-/m1/s1. The molecule has 0 rings (SSSR count). The second kappa shape index (κ2) is 7.49. The van der Waals surface area contributed by atoms with Gasteiger partial charge in [-0.3, -0.25) is 0 Å². The monoisotopic (exact) mass is 178 g/mol. The lowest BCUT2D eigenvalue weighted by molar-refractivity contribution is -0.186. The Bertz CT molecular complexity index is 93.1. The number of rotatable bonds is 7. The van der Waals surface area contributed by atoms with Gasteiger partial charge in [-0.15, -0.1) is 0 Å². The maximum atomic E-state index is 5.24. The summed E-state index contributed by atoms with van der Waals surface area (Å²) >= 11 is 0. The molecule has 0 bridgehead atoms. The molecule has 0 saturated carbocycles. The Morgan fingerprint density at radius 1 is 0.917 bits per heavy atom. The van der Waals surface area contributed by atoms with Gasteiger partial charge in [0, 0.05) is 34.4 Å². The van der Waals surface area contributed by atoms with E-state index < -0.39 is 0 Å². The Balaban J connectivity index is 3.65. The zero-order valence-electron chi connectivity index (χ0n) is 8.20. The molecule has 0 N–H and O–H groups in total. The molecular weight excluding hydrogens is 160 g/mol. The van der Waals surface area contributed by atoms with Gasteiger partial charge in [-0.25, -0.2) is 0 Å². The molecule has 0 aliphatic carbocycles. The van der Waals surface area contributed by atoms with Gasteiger partial charge in [0.05, 0.1) is 0 Å². The number of methoxy groups -OCH3 is 3. The molecule has 0 aliphatic heterocycles. The van der Waals surface area contributed by atoms with E-state index in [9.17, 15) is 0 Å². The SMILES string of the molecule is CCO[C@H](CC(OC)OC)OC. The lowest BCUT2D eigenvalue weighted by Gasteiger charge is -2.20. The first-order valence-corrected chi connectivity index (χ1v) is 3.98. The third-order valence-electron chi connectivity index (χ3n) is 1.53. The van der Waals surface area contributed by atoms with Gasteiger partial charge in [0.2, 0.25) is 0 Å². The normalized spacial score (nSPS) is 13.8. The quantitative estimate of drug-likeness (QED) is 0.545. The zero-order valence-corrected chi connectivity index (χ0v) is 8.20. The molecule has 74 valence electrons. The Hall–Kier alpha value is -0.160. The second-order valence-electron chi connectivity index (χ2n) is 2.26. The van der Waals surface area contributed by atoms with Crippen molar-refractivity contribution in [1.82, 2.24) is 0 Å². The van der Waals surface area contributed by atoms with Crippen molar-refractivity contribution in [2.24, 2.45) is 0 Å². The average Bonchev–Trinajstić information content (AvgIpc) is 2.12. The summed E-state index contributed by atoms with van der Waals surface area (Å²) in [5.41, 5.74) is 0. The first kappa shape index (κ1) is 11.8. The summed E-state index contributed by atoms with van der Waals surface area (Å²) < 4.78 is 20.3. The van der Waals surface area contributed by atoms with Crippen molar-refractivity contribution >= 4 is 0 Å². The van der Waals surface area contributed by atoms with Crippen LogP contribution in [0.25, 0.3) is 0 Å². The van der Waals surface area contributed by atoms with E-state index in [-0.39, 0.29) is 12.6 Å². The van der Waals surface area contributed by atoms with E-state index in [0.29, 0.717) is 13.0 Å². The van der Waals surface area contributed by atoms with Crippen LogP contribution < -0.4 is 0 Å². The van der Waals surface area contributed by atoms with Crippen molar-refractivity contribution in [1.29, 1.82) is 0 Å². The van der Waals surface area contributed by atoms with Crippen LogP contribution in [0, 0.1) is 0 Å². The van der Waals surface area contributed by atoms with Gasteiger partial charge in [-0.05, 0) is 6.92 Å². The van der Waals surface area contributed by atoms with Crippen LogP contribution in [0.4, 0.5) is 0 Å². The lowest BCUT2D eigenvalue weighted by Crippen LogP contribution is -2.25. The van der Waals surface area contributed by atoms with Crippen LogP contribution in [0.15, 0.2) is 0 Å². The smallest absolute Gasteiger partial charge is 0.162 e. The molecule has 0 spiro atoms. The summed E-state index contributed by atoms with van der Waals surface area (Å²) in [4.78, 5) is 0. The molecule has 12 heavy (non-hydrogen) atoms. The van der Waals surface area contributed by atoms with Gasteiger partial charge in [-0.1, -0.05) is 0 Å². The summed E-state index contributed by atoms with van der Waals surface area (Å²) in [7, 11) is 4.78. The molecule has 0 aromatic heterocycles. The van der Waals surface area contributed by atoms with Gasteiger partial charge < -0.3 is 18.9 Å². The Labute approximate surface area is 73.7 Å². The van der Waals surface area contributed by atoms with E-state index in [4.69, 9.17) is 18.9 Å². The Morgan fingerprint density at radius 2 is 1.42 bits per heavy atom. The maximum absolute atomic E-state index is 5.24. The van der Waals surface area contributed by atoms with Crippen LogP contribution in [-0.2, 0) is 18.9 Å². The largest absolute Gasteiger partial charge is 0.356 e. The summed E-state index contributed by atoms with van der Waals surface area (Å²) in [5, 5.41) is 0. The molecule has 0 radical (unpaired) electrons. The molecule has 1 atom stereocenters. The van der Waals surface area contributed by atoms with Gasteiger partial charge in [0.15, 0.2) is 12.6 Å². The summed E-state index contributed by atoms with van der Waals surface area (Å²) in [6.45, 7) is 2.54. The minimum absolute atomic E-state index is 0.250. The van der Waals surface area contributed by atoms with Crippen LogP contribution in [-0.4, -0.2) is 40.5 Å². The third-order valence-corrected chi connectivity index (χ3v) is 1.53. The minimum atomic E-state index is -0.263. The molecule has 0 unspecified atom stereocenters. The highest BCUT2D eigenvalue weighted by molar-refractivity contribution is 4.48. The van der Waals surface area contributed by atoms with Gasteiger partial charge in [0.25, 0.3) is 0 Å². The maximum Gasteiger partial charge on any atom is 0.162 e. The number of ether oxygens (including phenoxy) is 4. The molecule has 0 saturated heterocycles. The average molecular weight is 178 g/mol. The molecule has 0 fully saturated rings. The van der Waals surface area contributed by atoms with Gasteiger partial charge >= 0.3 is 0 Å². The molecular formula is C8H18O4. The topological polar surface area (TPSA) is 36.9 Å². The highest BCUT2D eigenvalue weighted by atomic mass is 16.7. The minimum Gasteiger partial charge on any atom is -0.356 e. The summed E-state index contributed by atoms with van der Waals surface area (Å²) in [5.74, 6) is 0. The zero-order chi connectivity index (χ0) is 9.40. The van der Waals surface area contributed by atoms with Crippen LogP contribution in [0.1, 0.15) is 13.3 Å². The molecule has 4 heteroatoms. The highest BCUT2D eigenvalue weighted by Crippen LogP contribution is 2.06. The molecule has 0 heterocycles. The van der Waals surface area contributed by atoms with Crippen molar-refractivity contribution in [3.8, 4) is 0 Å². The number of hydrogen-bond donors (Lipinski definition) is 0. The van der Waals surface area contributed by atoms with Crippen LogP contribution >= 0.6 is 0 Å². The molecule has 4 nitrogen and oxygen atoms in total. The first-order valence-electron chi connectivity index (χ1n) is 3.98. The molecule has 0 aliphatic rings. The number of hydrogen-bond acceptors (Lipinski definition) is 4. The molecule has 0 aromatic carbocycles. The van der Waals surface area contributed by atoms with Gasteiger partial charge in [0.1, 0.15) is 0 Å². The van der Waals surface area contributed by atoms with E-state index >= 15 is 0 Å². The fourth-order valence-corrected chi connectivity index (χ4v) is 0.864.